The molecule has 2 heterocycles. The van der Waals surface area contributed by atoms with Crippen LogP contribution in [0, 0.1) is 5.92 Å². The molecule has 4 heteroatoms. The normalized spacial score (nSPS) is 16.9. The summed E-state index contributed by atoms with van der Waals surface area (Å²) in [5.41, 5.74) is 0.675. The first-order valence-corrected chi connectivity index (χ1v) is 5.88. The van der Waals surface area contributed by atoms with E-state index in [0.29, 0.717) is 18.7 Å². The smallest absolute Gasteiger partial charge is 0.219 e. The average molecular weight is 232 g/mol. The number of piperidine rings is 1. The highest BCUT2D eigenvalue weighted by atomic mass is 16.2. The highest BCUT2D eigenvalue weighted by Gasteiger charge is 2.26. The maximum Gasteiger partial charge on any atom is 0.219 e. The highest BCUT2D eigenvalue weighted by molar-refractivity contribution is 5.97. The summed E-state index contributed by atoms with van der Waals surface area (Å²) in [6.07, 6.45) is 4.79. The standard InChI is InChI=1S/C13H16N2O2/c1-10(16)15-7-4-11(5-8-15)13(17)12-3-2-6-14-9-12/h2-3,6,9,11H,4-5,7-8H2,1H3. The molecule has 4 nitrogen and oxygen atoms in total. The van der Waals surface area contributed by atoms with Crippen LogP contribution in [-0.2, 0) is 4.79 Å². The number of carbonyl (C=O) groups excluding carboxylic acids is 2. The van der Waals surface area contributed by atoms with Crippen molar-refractivity contribution in [2.24, 2.45) is 5.92 Å². The number of carbonyl (C=O) groups is 2. The van der Waals surface area contributed by atoms with Gasteiger partial charge in [-0.2, -0.15) is 0 Å². The van der Waals surface area contributed by atoms with E-state index in [-0.39, 0.29) is 17.6 Å². The van der Waals surface area contributed by atoms with Gasteiger partial charge in [-0.05, 0) is 25.0 Å². The van der Waals surface area contributed by atoms with Crippen molar-refractivity contribution in [2.75, 3.05) is 13.1 Å². The fraction of sp³-hybridized carbons (Fsp3) is 0.462. The molecule has 0 bridgehead atoms. The van der Waals surface area contributed by atoms with Crippen LogP contribution in [0.2, 0.25) is 0 Å². The molecule has 2 rings (SSSR count). The zero-order chi connectivity index (χ0) is 12.3. The minimum absolute atomic E-state index is 0.0369. The Hall–Kier alpha value is -1.71. The van der Waals surface area contributed by atoms with Gasteiger partial charge in [0.15, 0.2) is 5.78 Å². The molecule has 1 fully saturated rings. The summed E-state index contributed by atoms with van der Waals surface area (Å²) >= 11 is 0. The van der Waals surface area contributed by atoms with Gasteiger partial charge in [-0.15, -0.1) is 0 Å². The Morgan fingerprint density at radius 2 is 2.06 bits per heavy atom. The van der Waals surface area contributed by atoms with E-state index in [0.717, 1.165) is 12.8 Å². The SMILES string of the molecule is CC(=O)N1CCC(C(=O)c2cccnc2)CC1. The van der Waals surface area contributed by atoms with Crippen LogP contribution in [0.25, 0.3) is 0 Å². The van der Waals surface area contributed by atoms with E-state index >= 15 is 0 Å². The summed E-state index contributed by atoms with van der Waals surface area (Å²) in [5, 5.41) is 0. The molecule has 0 spiro atoms. The number of likely N-dealkylation sites (tertiary alicyclic amines) is 1. The molecule has 1 saturated heterocycles. The maximum atomic E-state index is 12.1. The number of hydrogen-bond donors (Lipinski definition) is 0. The van der Waals surface area contributed by atoms with Gasteiger partial charge in [0.1, 0.15) is 0 Å². The second-order valence-corrected chi connectivity index (χ2v) is 4.39. The van der Waals surface area contributed by atoms with Gasteiger partial charge < -0.3 is 4.90 Å². The number of nitrogens with zero attached hydrogens (tertiary/aromatic N) is 2. The van der Waals surface area contributed by atoms with Gasteiger partial charge in [0.05, 0.1) is 0 Å². The van der Waals surface area contributed by atoms with Gasteiger partial charge in [0.2, 0.25) is 5.91 Å². The van der Waals surface area contributed by atoms with Crippen LogP contribution in [0.5, 0.6) is 0 Å². The van der Waals surface area contributed by atoms with Crippen molar-refractivity contribution in [1.29, 1.82) is 0 Å². The first kappa shape index (κ1) is 11.8. The van der Waals surface area contributed by atoms with Gasteiger partial charge in [-0.3, -0.25) is 14.6 Å². The van der Waals surface area contributed by atoms with Crippen LogP contribution in [0.4, 0.5) is 0 Å². The van der Waals surface area contributed by atoms with E-state index in [9.17, 15) is 9.59 Å². The number of pyridine rings is 1. The first-order valence-electron chi connectivity index (χ1n) is 5.88. The predicted octanol–water partition coefficient (Wildman–Crippen LogP) is 1.52. The third-order valence-electron chi connectivity index (χ3n) is 3.26. The third-order valence-corrected chi connectivity index (χ3v) is 3.26. The van der Waals surface area contributed by atoms with E-state index in [4.69, 9.17) is 0 Å². The molecule has 0 aliphatic carbocycles. The molecule has 0 unspecified atom stereocenters. The molecule has 0 atom stereocenters. The minimum Gasteiger partial charge on any atom is -0.343 e. The number of Topliss-reactive ketones (excluding diaryl/α,β-unsaturated/α-hetero) is 1. The molecule has 1 aromatic rings. The second kappa shape index (κ2) is 5.08. The average Bonchev–Trinajstić information content (AvgIpc) is 2.39. The molecule has 0 saturated carbocycles. The van der Waals surface area contributed by atoms with E-state index in [2.05, 4.69) is 4.98 Å². The molecular formula is C13H16N2O2. The van der Waals surface area contributed by atoms with Crippen molar-refractivity contribution in [1.82, 2.24) is 9.88 Å². The van der Waals surface area contributed by atoms with Gasteiger partial charge in [0, 0.05) is 43.9 Å². The summed E-state index contributed by atoms with van der Waals surface area (Å²) in [6.45, 7) is 2.95. The molecule has 1 aliphatic heterocycles. The van der Waals surface area contributed by atoms with Crippen LogP contribution in [0.15, 0.2) is 24.5 Å². The number of ketones is 1. The van der Waals surface area contributed by atoms with Crippen LogP contribution < -0.4 is 0 Å². The fourth-order valence-corrected chi connectivity index (χ4v) is 2.20. The lowest BCUT2D eigenvalue weighted by atomic mass is 9.89. The van der Waals surface area contributed by atoms with E-state index in [1.807, 2.05) is 0 Å². The van der Waals surface area contributed by atoms with Crippen molar-refractivity contribution in [2.45, 2.75) is 19.8 Å². The van der Waals surface area contributed by atoms with Crippen LogP contribution in [0.3, 0.4) is 0 Å². The lowest BCUT2D eigenvalue weighted by Gasteiger charge is -2.30. The molecule has 17 heavy (non-hydrogen) atoms. The zero-order valence-corrected chi connectivity index (χ0v) is 9.93. The van der Waals surface area contributed by atoms with Crippen molar-refractivity contribution in [3.63, 3.8) is 0 Å². The molecule has 0 aromatic carbocycles. The fourth-order valence-electron chi connectivity index (χ4n) is 2.20. The number of rotatable bonds is 2. The highest BCUT2D eigenvalue weighted by Crippen LogP contribution is 2.21. The molecule has 1 aromatic heterocycles. The molecule has 1 aliphatic rings. The second-order valence-electron chi connectivity index (χ2n) is 4.39. The summed E-state index contributed by atoms with van der Waals surface area (Å²) < 4.78 is 0. The minimum atomic E-state index is 0.0369. The number of aromatic nitrogens is 1. The Labute approximate surface area is 101 Å². The summed E-state index contributed by atoms with van der Waals surface area (Å²) in [4.78, 5) is 29.1. The lowest BCUT2D eigenvalue weighted by molar-refractivity contribution is -0.130. The summed E-state index contributed by atoms with van der Waals surface area (Å²) in [5.74, 6) is 0.286. The van der Waals surface area contributed by atoms with Crippen LogP contribution in [0.1, 0.15) is 30.1 Å². The van der Waals surface area contributed by atoms with Crippen LogP contribution >= 0.6 is 0 Å². The third kappa shape index (κ3) is 2.70. The number of hydrogen-bond acceptors (Lipinski definition) is 3. The molecule has 0 N–H and O–H groups in total. The number of amides is 1. The van der Waals surface area contributed by atoms with Crippen molar-refractivity contribution >= 4 is 11.7 Å². The van der Waals surface area contributed by atoms with Crippen molar-refractivity contribution in [3.05, 3.63) is 30.1 Å². The summed E-state index contributed by atoms with van der Waals surface area (Å²) in [6, 6.07) is 3.57. The van der Waals surface area contributed by atoms with E-state index in [1.54, 1.807) is 36.4 Å². The molecule has 1 amide bonds. The first-order chi connectivity index (χ1) is 8.18. The van der Waals surface area contributed by atoms with Gasteiger partial charge in [0.25, 0.3) is 0 Å². The Morgan fingerprint density at radius 1 is 1.35 bits per heavy atom. The monoisotopic (exact) mass is 232 g/mol. The topological polar surface area (TPSA) is 50.3 Å². The predicted molar refractivity (Wildman–Crippen MR) is 63.5 cm³/mol. The van der Waals surface area contributed by atoms with Gasteiger partial charge in [-0.25, -0.2) is 0 Å². The Balaban J connectivity index is 1.98. The van der Waals surface area contributed by atoms with Crippen LogP contribution in [-0.4, -0.2) is 34.7 Å². The molecular weight excluding hydrogens is 216 g/mol. The maximum absolute atomic E-state index is 12.1. The lowest BCUT2D eigenvalue weighted by Crippen LogP contribution is -2.39. The molecule has 90 valence electrons. The van der Waals surface area contributed by atoms with E-state index < -0.39 is 0 Å². The van der Waals surface area contributed by atoms with Gasteiger partial charge in [-0.1, -0.05) is 0 Å². The van der Waals surface area contributed by atoms with Gasteiger partial charge >= 0.3 is 0 Å². The Bertz CT molecular complexity index is 409. The van der Waals surface area contributed by atoms with E-state index in [1.165, 1.54) is 0 Å². The quantitative estimate of drug-likeness (QED) is 0.726. The largest absolute Gasteiger partial charge is 0.343 e. The summed E-state index contributed by atoms with van der Waals surface area (Å²) in [7, 11) is 0. The molecule has 0 radical (unpaired) electrons. The van der Waals surface area contributed by atoms with Crippen molar-refractivity contribution in [3.8, 4) is 0 Å². The van der Waals surface area contributed by atoms with Crippen molar-refractivity contribution < 1.29 is 9.59 Å². The Morgan fingerprint density at radius 3 is 2.59 bits per heavy atom. The zero-order valence-electron chi connectivity index (χ0n) is 9.93. The Kier molecular flexibility index (Phi) is 3.52.